The van der Waals surface area contributed by atoms with E-state index in [1.807, 2.05) is 20.8 Å². The molecule has 172 valence electrons. The van der Waals surface area contributed by atoms with Crippen molar-refractivity contribution in [2.45, 2.75) is 51.3 Å². The van der Waals surface area contributed by atoms with Gasteiger partial charge >= 0.3 is 0 Å². The van der Waals surface area contributed by atoms with Gasteiger partial charge in [0.05, 0.1) is 17.0 Å². The van der Waals surface area contributed by atoms with Gasteiger partial charge in [0.1, 0.15) is 0 Å². The van der Waals surface area contributed by atoms with E-state index < -0.39 is 15.6 Å². The summed E-state index contributed by atoms with van der Waals surface area (Å²) in [7, 11) is -3.36. The molecule has 32 heavy (non-hydrogen) atoms. The van der Waals surface area contributed by atoms with Crippen LogP contribution in [0.25, 0.3) is 0 Å². The minimum atomic E-state index is -3.36. The fraction of sp³-hybridized carbons (Fsp3) is 0.417. The van der Waals surface area contributed by atoms with Crippen molar-refractivity contribution in [1.29, 1.82) is 0 Å². The van der Waals surface area contributed by atoms with Crippen LogP contribution in [-0.4, -0.2) is 43.2 Å². The number of piperidine rings is 1. The summed E-state index contributed by atoms with van der Waals surface area (Å²) in [5.41, 5.74) is 1.40. The molecule has 2 aromatic rings. The smallest absolute Gasteiger partial charge is 0.255 e. The van der Waals surface area contributed by atoms with Crippen molar-refractivity contribution >= 4 is 27.5 Å². The number of para-hydroxylation sites is 1. The average molecular weight is 458 g/mol. The number of anilines is 1. The summed E-state index contributed by atoms with van der Waals surface area (Å²) < 4.78 is 26.8. The number of carbonyl (C=O) groups is 2. The van der Waals surface area contributed by atoms with Gasteiger partial charge in [0, 0.05) is 24.2 Å². The van der Waals surface area contributed by atoms with E-state index in [0.717, 1.165) is 19.3 Å². The second kappa shape index (κ2) is 9.83. The van der Waals surface area contributed by atoms with Crippen molar-refractivity contribution in [3.63, 3.8) is 0 Å². The van der Waals surface area contributed by atoms with Crippen LogP contribution in [0.15, 0.2) is 48.5 Å². The number of rotatable bonds is 6. The lowest BCUT2D eigenvalue weighted by atomic mass is 10.1. The van der Waals surface area contributed by atoms with Crippen LogP contribution in [0.2, 0.25) is 0 Å². The summed E-state index contributed by atoms with van der Waals surface area (Å²) >= 11 is 0. The molecule has 0 saturated carbocycles. The third-order valence-electron chi connectivity index (χ3n) is 5.18. The molecule has 0 bridgehead atoms. The van der Waals surface area contributed by atoms with Crippen molar-refractivity contribution < 1.29 is 18.0 Å². The minimum absolute atomic E-state index is 0.0787. The molecule has 1 fully saturated rings. The van der Waals surface area contributed by atoms with E-state index in [1.165, 1.54) is 0 Å². The second-order valence-corrected chi connectivity index (χ2v) is 11.1. The Morgan fingerprint density at radius 3 is 2.16 bits per heavy atom. The lowest BCUT2D eigenvalue weighted by Gasteiger charge is -2.25. The zero-order valence-electron chi connectivity index (χ0n) is 18.8. The van der Waals surface area contributed by atoms with Crippen LogP contribution in [-0.2, 0) is 15.8 Å². The normalized spacial score (nSPS) is 15.2. The van der Waals surface area contributed by atoms with Crippen LogP contribution in [0.4, 0.5) is 5.69 Å². The highest BCUT2D eigenvalue weighted by molar-refractivity contribution is 7.88. The van der Waals surface area contributed by atoms with Crippen LogP contribution in [0, 0.1) is 0 Å². The van der Waals surface area contributed by atoms with Crippen LogP contribution in [0.1, 0.15) is 66.3 Å². The van der Waals surface area contributed by atoms with Gasteiger partial charge in [-0.05, 0) is 63.4 Å². The first-order valence-corrected chi connectivity index (χ1v) is 12.5. The first-order valence-electron chi connectivity index (χ1n) is 10.8. The van der Waals surface area contributed by atoms with Gasteiger partial charge in [-0.25, -0.2) is 12.7 Å². The molecule has 0 aliphatic carbocycles. The Morgan fingerprint density at radius 2 is 1.53 bits per heavy atom. The predicted octanol–water partition coefficient (Wildman–Crippen LogP) is 3.78. The molecule has 2 aromatic carbocycles. The molecule has 1 saturated heterocycles. The zero-order chi connectivity index (χ0) is 23.4. The highest BCUT2D eigenvalue weighted by atomic mass is 32.2. The average Bonchev–Trinajstić information content (AvgIpc) is 2.74. The highest BCUT2D eigenvalue weighted by Gasteiger charge is 2.24. The summed E-state index contributed by atoms with van der Waals surface area (Å²) in [5, 5.41) is 5.68. The van der Waals surface area contributed by atoms with Crippen LogP contribution in [0.3, 0.4) is 0 Å². The van der Waals surface area contributed by atoms with E-state index in [0.29, 0.717) is 35.5 Å². The van der Waals surface area contributed by atoms with E-state index in [4.69, 9.17) is 0 Å². The Bertz CT molecular complexity index is 1070. The molecular weight excluding hydrogens is 426 g/mol. The van der Waals surface area contributed by atoms with Crippen molar-refractivity contribution in [2.75, 3.05) is 18.4 Å². The standard InChI is InChI=1S/C24H31N3O4S/c1-24(2,3)26-23(29)20-9-5-6-10-21(20)25-22(28)19-13-11-18(12-14-19)17-32(30,31)27-15-7-4-8-16-27/h5-6,9-14H,4,7-8,15-17H2,1-3H3,(H,25,28)(H,26,29). The van der Waals surface area contributed by atoms with Crippen molar-refractivity contribution in [1.82, 2.24) is 9.62 Å². The Balaban J connectivity index is 1.69. The second-order valence-electron chi connectivity index (χ2n) is 9.12. The number of sulfonamides is 1. The molecule has 3 rings (SSSR count). The van der Waals surface area contributed by atoms with Crippen molar-refractivity contribution in [3.8, 4) is 0 Å². The van der Waals surface area contributed by atoms with Gasteiger partial charge in [0.25, 0.3) is 11.8 Å². The Labute approximate surface area is 190 Å². The third-order valence-corrected chi connectivity index (χ3v) is 7.03. The fourth-order valence-corrected chi connectivity index (χ4v) is 5.20. The van der Waals surface area contributed by atoms with Gasteiger partial charge in [-0.2, -0.15) is 0 Å². The largest absolute Gasteiger partial charge is 0.347 e. The minimum Gasteiger partial charge on any atom is -0.347 e. The molecule has 0 aromatic heterocycles. The number of hydrogen-bond acceptors (Lipinski definition) is 4. The van der Waals surface area contributed by atoms with Gasteiger partial charge in [-0.3, -0.25) is 9.59 Å². The van der Waals surface area contributed by atoms with E-state index in [2.05, 4.69) is 10.6 Å². The van der Waals surface area contributed by atoms with E-state index in [1.54, 1.807) is 52.8 Å². The van der Waals surface area contributed by atoms with Crippen LogP contribution < -0.4 is 10.6 Å². The van der Waals surface area contributed by atoms with E-state index in [9.17, 15) is 18.0 Å². The Hall–Kier alpha value is -2.71. The summed E-state index contributed by atoms with van der Waals surface area (Å²) in [6.45, 7) is 6.81. The summed E-state index contributed by atoms with van der Waals surface area (Å²) in [5.74, 6) is -0.719. The molecule has 2 amide bonds. The highest BCUT2D eigenvalue weighted by Crippen LogP contribution is 2.20. The molecule has 0 radical (unpaired) electrons. The molecule has 7 nitrogen and oxygen atoms in total. The predicted molar refractivity (Wildman–Crippen MR) is 126 cm³/mol. The fourth-order valence-electron chi connectivity index (χ4n) is 3.59. The molecule has 8 heteroatoms. The summed E-state index contributed by atoms with van der Waals surface area (Å²) in [6, 6.07) is 13.4. The summed E-state index contributed by atoms with van der Waals surface area (Å²) in [6.07, 6.45) is 2.86. The number of nitrogens with zero attached hydrogens (tertiary/aromatic N) is 1. The molecule has 1 heterocycles. The molecule has 2 N–H and O–H groups in total. The first kappa shape index (κ1) is 23.9. The molecule has 1 aliphatic heterocycles. The maximum Gasteiger partial charge on any atom is 0.255 e. The van der Waals surface area contributed by atoms with Crippen molar-refractivity contribution in [2.24, 2.45) is 0 Å². The Morgan fingerprint density at radius 1 is 0.906 bits per heavy atom. The molecule has 0 unspecified atom stereocenters. The van der Waals surface area contributed by atoms with Crippen LogP contribution in [0.5, 0.6) is 0 Å². The monoisotopic (exact) mass is 457 g/mol. The molecule has 1 aliphatic rings. The van der Waals surface area contributed by atoms with Gasteiger partial charge in [0.15, 0.2) is 0 Å². The topological polar surface area (TPSA) is 95.6 Å². The van der Waals surface area contributed by atoms with Gasteiger partial charge < -0.3 is 10.6 Å². The summed E-state index contributed by atoms with van der Waals surface area (Å²) in [4.78, 5) is 25.3. The van der Waals surface area contributed by atoms with E-state index in [-0.39, 0.29) is 17.6 Å². The van der Waals surface area contributed by atoms with Crippen LogP contribution >= 0.6 is 0 Å². The molecular formula is C24H31N3O4S. The van der Waals surface area contributed by atoms with Gasteiger partial charge in [-0.1, -0.05) is 30.7 Å². The van der Waals surface area contributed by atoms with E-state index >= 15 is 0 Å². The maximum atomic E-state index is 12.7. The number of nitrogens with one attached hydrogen (secondary N) is 2. The van der Waals surface area contributed by atoms with Gasteiger partial charge in [0.2, 0.25) is 10.0 Å². The Kier molecular flexibility index (Phi) is 7.36. The number of hydrogen-bond donors (Lipinski definition) is 2. The number of benzene rings is 2. The molecule has 0 spiro atoms. The van der Waals surface area contributed by atoms with Gasteiger partial charge in [-0.15, -0.1) is 0 Å². The SMILES string of the molecule is CC(C)(C)NC(=O)c1ccccc1NC(=O)c1ccc(CS(=O)(=O)N2CCCCC2)cc1. The quantitative estimate of drug-likeness (QED) is 0.690. The lowest BCUT2D eigenvalue weighted by molar-refractivity contribution is 0.0920. The maximum absolute atomic E-state index is 12.7. The first-order chi connectivity index (χ1) is 15.0. The number of carbonyl (C=O) groups excluding carboxylic acids is 2. The zero-order valence-corrected chi connectivity index (χ0v) is 19.7. The van der Waals surface area contributed by atoms with Crippen molar-refractivity contribution in [3.05, 3.63) is 65.2 Å². The third kappa shape index (κ3) is 6.40. The lowest BCUT2D eigenvalue weighted by Crippen LogP contribution is -2.40. The number of amides is 2. The molecule has 0 atom stereocenters.